The molecule has 0 aliphatic heterocycles. The van der Waals surface area contributed by atoms with Crippen molar-refractivity contribution in [3.8, 4) is 0 Å². The van der Waals surface area contributed by atoms with Crippen molar-refractivity contribution in [3.63, 3.8) is 0 Å². The summed E-state index contributed by atoms with van der Waals surface area (Å²) in [5.74, 6) is 0.752. The van der Waals surface area contributed by atoms with Crippen molar-refractivity contribution in [3.05, 3.63) is 58.4 Å². The summed E-state index contributed by atoms with van der Waals surface area (Å²) in [4.78, 5) is 12.0. The van der Waals surface area contributed by atoms with Gasteiger partial charge < -0.3 is 9.73 Å². The van der Waals surface area contributed by atoms with Crippen LogP contribution in [-0.2, 0) is 6.54 Å². The van der Waals surface area contributed by atoms with E-state index in [1.165, 1.54) is 36.5 Å². The molecule has 24 heavy (non-hydrogen) atoms. The van der Waals surface area contributed by atoms with Crippen molar-refractivity contribution >= 4 is 21.7 Å². The minimum atomic E-state index is -0.252. The van der Waals surface area contributed by atoms with Crippen LogP contribution in [0.1, 0.15) is 38.2 Å². The average Bonchev–Trinajstić information content (AvgIpc) is 2.60. The van der Waals surface area contributed by atoms with E-state index >= 15 is 0 Å². The van der Waals surface area contributed by atoms with Crippen LogP contribution in [0, 0.1) is 5.92 Å². The fraction of sp³-hybridized carbons (Fsp3) is 0.381. The summed E-state index contributed by atoms with van der Waals surface area (Å²) in [6, 6.07) is 14.6. The zero-order valence-corrected chi connectivity index (χ0v) is 14.1. The Balaban J connectivity index is 1.76. The van der Waals surface area contributed by atoms with E-state index in [4.69, 9.17) is 4.42 Å². The minimum absolute atomic E-state index is 0.252. The van der Waals surface area contributed by atoms with Gasteiger partial charge in [0.1, 0.15) is 12.1 Å². The van der Waals surface area contributed by atoms with Crippen molar-refractivity contribution in [1.82, 2.24) is 0 Å². The molecule has 0 radical (unpaired) electrons. The van der Waals surface area contributed by atoms with E-state index < -0.39 is 0 Å². The van der Waals surface area contributed by atoms with Gasteiger partial charge in [-0.05, 0) is 36.1 Å². The first kappa shape index (κ1) is 15.4. The molecule has 2 aromatic carbocycles. The standard InChI is InChI=1S/C21H23NO2/c1-14-6-2-5-9-18(14)22-13-16-12-20(23)24-19-11-10-15-7-3-4-8-17(15)21(16)19/h3-4,7-8,10-12,14,18,22H,2,5-6,9,13H2,1H3/p+1/t14-,18-/m1/s1. The normalized spacial score (nSPS) is 21.4. The molecule has 2 N–H and O–H groups in total. The molecule has 0 unspecified atom stereocenters. The smallest absolute Gasteiger partial charge is 0.336 e. The lowest BCUT2D eigenvalue weighted by atomic mass is 9.86. The number of fused-ring (bicyclic) bond motifs is 3. The highest BCUT2D eigenvalue weighted by molar-refractivity contribution is 6.06. The fourth-order valence-corrected chi connectivity index (χ4v) is 4.15. The van der Waals surface area contributed by atoms with Crippen molar-refractivity contribution in [1.29, 1.82) is 0 Å². The number of hydrogen-bond donors (Lipinski definition) is 1. The van der Waals surface area contributed by atoms with Crippen molar-refractivity contribution in [2.45, 2.75) is 45.2 Å². The molecule has 0 spiro atoms. The molecule has 1 fully saturated rings. The van der Waals surface area contributed by atoms with Gasteiger partial charge >= 0.3 is 5.63 Å². The van der Waals surface area contributed by atoms with E-state index in [-0.39, 0.29) is 5.63 Å². The van der Waals surface area contributed by atoms with Gasteiger partial charge in [-0.3, -0.25) is 0 Å². The molecule has 1 aliphatic carbocycles. The highest BCUT2D eigenvalue weighted by atomic mass is 16.4. The number of hydrogen-bond acceptors (Lipinski definition) is 2. The summed E-state index contributed by atoms with van der Waals surface area (Å²) < 4.78 is 5.45. The van der Waals surface area contributed by atoms with Gasteiger partial charge in [-0.25, -0.2) is 4.79 Å². The Kier molecular flexibility index (Phi) is 4.11. The quantitative estimate of drug-likeness (QED) is 0.592. The molecule has 0 amide bonds. The molecule has 1 heterocycles. The van der Waals surface area contributed by atoms with Crippen molar-refractivity contribution in [2.24, 2.45) is 5.92 Å². The summed E-state index contributed by atoms with van der Waals surface area (Å²) in [6.45, 7) is 3.19. The van der Waals surface area contributed by atoms with Gasteiger partial charge in [0.05, 0.1) is 6.04 Å². The molecule has 3 aromatic rings. The van der Waals surface area contributed by atoms with E-state index in [9.17, 15) is 4.79 Å². The van der Waals surface area contributed by atoms with Crippen molar-refractivity contribution in [2.75, 3.05) is 0 Å². The lowest BCUT2D eigenvalue weighted by molar-refractivity contribution is -0.712. The highest BCUT2D eigenvalue weighted by Crippen LogP contribution is 2.27. The molecule has 1 aliphatic rings. The molecule has 3 nitrogen and oxygen atoms in total. The van der Waals surface area contributed by atoms with Crippen LogP contribution in [0.3, 0.4) is 0 Å². The minimum Gasteiger partial charge on any atom is -0.423 e. The molecule has 0 saturated heterocycles. The van der Waals surface area contributed by atoms with Gasteiger partial charge in [-0.1, -0.05) is 43.7 Å². The van der Waals surface area contributed by atoms with Crippen LogP contribution in [0.5, 0.6) is 0 Å². The van der Waals surface area contributed by atoms with E-state index in [2.05, 4.69) is 24.4 Å². The molecule has 2 atom stereocenters. The maximum atomic E-state index is 12.0. The second kappa shape index (κ2) is 6.40. The predicted octanol–water partition coefficient (Wildman–Crippen LogP) is 3.59. The van der Waals surface area contributed by atoms with Crippen molar-refractivity contribution < 1.29 is 9.73 Å². The van der Waals surface area contributed by atoms with E-state index in [0.29, 0.717) is 11.6 Å². The maximum Gasteiger partial charge on any atom is 0.336 e. The Labute approximate surface area is 141 Å². The third kappa shape index (κ3) is 2.84. The fourth-order valence-electron chi connectivity index (χ4n) is 4.15. The van der Waals surface area contributed by atoms with Crippen LogP contribution in [0.25, 0.3) is 21.7 Å². The van der Waals surface area contributed by atoms with Crippen LogP contribution >= 0.6 is 0 Å². The number of benzene rings is 2. The summed E-state index contributed by atoms with van der Waals surface area (Å²) in [5.41, 5.74) is 1.54. The largest absolute Gasteiger partial charge is 0.423 e. The van der Waals surface area contributed by atoms with Crippen LogP contribution in [0.4, 0.5) is 0 Å². The monoisotopic (exact) mass is 322 g/mol. The predicted molar refractivity (Wildman–Crippen MR) is 97.0 cm³/mol. The summed E-state index contributed by atoms with van der Waals surface area (Å²) >= 11 is 0. The topological polar surface area (TPSA) is 46.8 Å². The maximum absolute atomic E-state index is 12.0. The third-order valence-corrected chi connectivity index (χ3v) is 5.53. The molecule has 0 bridgehead atoms. The Morgan fingerprint density at radius 3 is 2.83 bits per heavy atom. The second-order valence-electron chi connectivity index (χ2n) is 7.12. The Morgan fingerprint density at radius 1 is 1.12 bits per heavy atom. The van der Waals surface area contributed by atoms with Gasteiger partial charge in [-0.2, -0.15) is 0 Å². The lowest BCUT2D eigenvalue weighted by Gasteiger charge is -2.26. The molecular weight excluding hydrogens is 298 g/mol. The molecular formula is C21H24NO2+. The Hall–Kier alpha value is -2.13. The molecule has 124 valence electrons. The molecule has 1 saturated carbocycles. The SMILES string of the molecule is C[C@@H]1CCCC[C@H]1[NH2+]Cc1cc(=O)oc2ccc3ccccc3c12. The van der Waals surface area contributed by atoms with E-state index in [0.717, 1.165) is 23.4 Å². The first-order valence-electron chi connectivity index (χ1n) is 9.00. The van der Waals surface area contributed by atoms with Gasteiger partial charge in [0.15, 0.2) is 0 Å². The second-order valence-corrected chi connectivity index (χ2v) is 7.12. The molecule has 1 aromatic heterocycles. The Bertz CT molecular complexity index is 928. The summed E-state index contributed by atoms with van der Waals surface area (Å²) in [5, 5.41) is 5.87. The highest BCUT2D eigenvalue weighted by Gasteiger charge is 2.24. The Morgan fingerprint density at radius 2 is 1.96 bits per heavy atom. The summed E-state index contributed by atoms with van der Waals surface area (Å²) in [6.07, 6.45) is 5.28. The van der Waals surface area contributed by atoms with Crippen LogP contribution in [-0.4, -0.2) is 6.04 Å². The average molecular weight is 322 g/mol. The van der Waals surface area contributed by atoms with Crippen LogP contribution < -0.4 is 10.9 Å². The zero-order chi connectivity index (χ0) is 16.5. The van der Waals surface area contributed by atoms with E-state index in [1.54, 1.807) is 6.07 Å². The summed E-state index contributed by atoms with van der Waals surface area (Å²) in [7, 11) is 0. The first-order chi connectivity index (χ1) is 11.7. The third-order valence-electron chi connectivity index (χ3n) is 5.53. The number of rotatable bonds is 3. The first-order valence-corrected chi connectivity index (χ1v) is 9.00. The lowest BCUT2D eigenvalue weighted by Crippen LogP contribution is -2.90. The van der Waals surface area contributed by atoms with Crippen LogP contribution in [0.2, 0.25) is 0 Å². The van der Waals surface area contributed by atoms with Gasteiger partial charge in [-0.15, -0.1) is 0 Å². The molecule has 3 heteroatoms. The number of quaternary nitrogens is 1. The number of nitrogens with two attached hydrogens (primary N) is 1. The van der Waals surface area contributed by atoms with Gasteiger partial charge in [0, 0.05) is 22.9 Å². The van der Waals surface area contributed by atoms with Gasteiger partial charge in [0.25, 0.3) is 0 Å². The zero-order valence-electron chi connectivity index (χ0n) is 14.1. The molecule has 4 rings (SSSR count). The van der Waals surface area contributed by atoms with Crippen LogP contribution in [0.15, 0.2) is 51.7 Å². The van der Waals surface area contributed by atoms with E-state index in [1.807, 2.05) is 24.3 Å². The van der Waals surface area contributed by atoms with Gasteiger partial charge in [0.2, 0.25) is 0 Å².